The third kappa shape index (κ3) is 11.1. The summed E-state index contributed by atoms with van der Waals surface area (Å²) in [6, 6.07) is 13.9. The van der Waals surface area contributed by atoms with Gasteiger partial charge in [-0.25, -0.2) is 48.3 Å². The van der Waals surface area contributed by atoms with Gasteiger partial charge in [-0.15, -0.1) is 0 Å². The van der Waals surface area contributed by atoms with E-state index in [1.807, 2.05) is 6.92 Å². The standard InChI is InChI=1S/C25H21F5O2.C24H16F8O3/c1-2-3-14-12-31-25(32-13-14)16-5-7-18(21(27)9-16)15-4-6-19(20(26)8-15)17-10-22(28)24(30)23(29)11-17;1-11-9-33-23(34-10-11)13-6-17(26)21(18(27)7-13)24(31,32)35-14-2-3-15(16(25)8-14)12-4-19(28)22(30)20(29)5-12/h4-11,14,25H,2-3,12-13H2,1H3;2-8,11,23H,9-10H2,1H3. The van der Waals surface area contributed by atoms with Gasteiger partial charge in [-0.1, -0.05) is 44.5 Å². The fourth-order valence-corrected chi connectivity index (χ4v) is 7.35. The molecule has 6 aromatic rings. The van der Waals surface area contributed by atoms with Crippen molar-refractivity contribution < 1.29 is 80.8 Å². The Kier molecular flexibility index (Phi) is 15.0. The highest BCUT2D eigenvalue weighted by Gasteiger charge is 2.42. The van der Waals surface area contributed by atoms with Crippen LogP contribution >= 0.6 is 0 Å². The van der Waals surface area contributed by atoms with Crippen LogP contribution in [-0.4, -0.2) is 26.4 Å². The summed E-state index contributed by atoms with van der Waals surface area (Å²) in [5.74, 6) is -15.8. The molecule has 0 atom stereocenters. The molecular weight excluding hydrogens is 916 g/mol. The van der Waals surface area contributed by atoms with Gasteiger partial charge in [-0.2, -0.15) is 8.78 Å². The molecule has 0 aromatic heterocycles. The van der Waals surface area contributed by atoms with Gasteiger partial charge in [0.05, 0.1) is 26.4 Å². The van der Waals surface area contributed by atoms with E-state index in [9.17, 15) is 57.1 Å². The Bertz CT molecular complexity index is 2680. The van der Waals surface area contributed by atoms with Crippen LogP contribution in [-0.2, 0) is 25.1 Å². The number of hydrogen-bond donors (Lipinski definition) is 0. The van der Waals surface area contributed by atoms with Crippen LogP contribution in [0.25, 0.3) is 33.4 Å². The van der Waals surface area contributed by atoms with Crippen molar-refractivity contribution in [1.29, 1.82) is 0 Å². The summed E-state index contributed by atoms with van der Waals surface area (Å²) in [5.41, 5.74) is -2.12. The van der Waals surface area contributed by atoms with E-state index in [1.165, 1.54) is 24.3 Å². The average molecular weight is 953 g/mol. The third-order valence-corrected chi connectivity index (χ3v) is 10.7. The van der Waals surface area contributed by atoms with Crippen LogP contribution in [0.1, 0.15) is 56.0 Å². The molecular formula is C49H37F13O5. The lowest BCUT2D eigenvalue weighted by molar-refractivity contribution is -0.206. The predicted molar refractivity (Wildman–Crippen MR) is 217 cm³/mol. The molecule has 5 nitrogen and oxygen atoms in total. The number of hydrogen-bond acceptors (Lipinski definition) is 5. The topological polar surface area (TPSA) is 46.2 Å². The zero-order valence-corrected chi connectivity index (χ0v) is 35.2. The van der Waals surface area contributed by atoms with Crippen molar-refractivity contribution in [3.63, 3.8) is 0 Å². The second-order valence-corrected chi connectivity index (χ2v) is 15.8. The maximum atomic E-state index is 14.8. The third-order valence-electron chi connectivity index (χ3n) is 10.7. The lowest BCUT2D eigenvalue weighted by atomic mass is 9.98. The van der Waals surface area contributed by atoms with E-state index in [4.69, 9.17) is 18.9 Å². The maximum absolute atomic E-state index is 14.8. The van der Waals surface area contributed by atoms with E-state index in [2.05, 4.69) is 11.7 Å². The van der Waals surface area contributed by atoms with Gasteiger partial charge in [0.2, 0.25) is 0 Å². The molecule has 0 aliphatic carbocycles. The van der Waals surface area contributed by atoms with Crippen LogP contribution in [0.15, 0.2) is 91.0 Å². The molecule has 0 spiro atoms. The maximum Gasteiger partial charge on any atom is 0.432 e. The predicted octanol–water partition coefficient (Wildman–Crippen LogP) is 14.2. The Labute approximate surface area is 374 Å². The van der Waals surface area contributed by atoms with Gasteiger partial charge in [0.1, 0.15) is 40.4 Å². The fourth-order valence-electron chi connectivity index (χ4n) is 7.35. The Morgan fingerprint density at radius 3 is 1.39 bits per heavy atom. The van der Waals surface area contributed by atoms with E-state index in [0.29, 0.717) is 67.2 Å². The molecule has 2 fully saturated rings. The lowest BCUT2D eigenvalue weighted by Gasteiger charge is -2.29. The first-order valence-corrected chi connectivity index (χ1v) is 20.5. The van der Waals surface area contributed by atoms with Gasteiger partial charge >= 0.3 is 6.11 Å². The van der Waals surface area contributed by atoms with E-state index in [-0.39, 0.29) is 46.9 Å². The molecule has 6 aromatic carbocycles. The average Bonchev–Trinajstić information content (AvgIpc) is 3.27. The first-order valence-electron chi connectivity index (χ1n) is 20.5. The highest BCUT2D eigenvalue weighted by atomic mass is 19.3. The molecule has 67 heavy (non-hydrogen) atoms. The lowest BCUT2D eigenvalue weighted by Crippen LogP contribution is -2.27. The molecule has 18 heteroatoms. The van der Waals surface area contributed by atoms with Crippen molar-refractivity contribution in [2.24, 2.45) is 11.8 Å². The van der Waals surface area contributed by atoms with Crippen molar-refractivity contribution in [3.05, 3.63) is 172 Å². The Morgan fingerprint density at radius 1 is 0.478 bits per heavy atom. The van der Waals surface area contributed by atoms with E-state index in [1.54, 1.807) is 6.07 Å². The van der Waals surface area contributed by atoms with Gasteiger partial charge in [-0.3, -0.25) is 0 Å². The largest absolute Gasteiger partial charge is 0.432 e. The fraction of sp³-hybridized carbons (Fsp3) is 0.265. The molecule has 2 saturated heterocycles. The molecule has 354 valence electrons. The molecule has 2 heterocycles. The normalized spacial score (nSPS) is 18.6. The van der Waals surface area contributed by atoms with Crippen LogP contribution in [0.4, 0.5) is 57.1 Å². The first-order chi connectivity index (χ1) is 31.8. The minimum absolute atomic E-state index is 0.0471. The zero-order chi connectivity index (χ0) is 48.3. The summed E-state index contributed by atoms with van der Waals surface area (Å²) in [4.78, 5) is 0. The van der Waals surface area contributed by atoms with Crippen LogP contribution < -0.4 is 4.74 Å². The molecule has 0 saturated carbocycles. The summed E-state index contributed by atoms with van der Waals surface area (Å²) >= 11 is 0. The van der Waals surface area contributed by atoms with Crippen LogP contribution in [0.5, 0.6) is 5.75 Å². The number of ether oxygens (including phenoxy) is 5. The molecule has 0 amide bonds. The number of alkyl halides is 2. The number of benzene rings is 6. The molecule has 0 unspecified atom stereocenters. The van der Waals surface area contributed by atoms with Gasteiger partial charge < -0.3 is 23.7 Å². The summed E-state index contributed by atoms with van der Waals surface area (Å²) in [6.07, 6.45) is -4.34. The molecule has 0 N–H and O–H groups in total. The smallest absolute Gasteiger partial charge is 0.429 e. The molecule has 0 radical (unpaired) electrons. The number of halogens is 13. The monoisotopic (exact) mass is 952 g/mol. The van der Waals surface area contributed by atoms with Gasteiger partial charge in [0.15, 0.2) is 47.5 Å². The van der Waals surface area contributed by atoms with Crippen molar-refractivity contribution in [1.82, 2.24) is 0 Å². The molecule has 8 rings (SSSR count). The van der Waals surface area contributed by atoms with Crippen molar-refractivity contribution in [2.45, 2.75) is 45.4 Å². The second kappa shape index (κ2) is 20.5. The molecule has 2 aliphatic rings. The SMILES string of the molecule is CC1COC(c2cc(F)c(C(F)(F)Oc3ccc(-c4cc(F)c(F)c(F)c4)c(F)c3)c(F)c2)OC1.CCCC1COC(c2ccc(-c3ccc(-c4cc(F)c(F)c(F)c4)c(F)c3)c(F)c2)OC1. The summed E-state index contributed by atoms with van der Waals surface area (Å²) < 4.78 is 209. The summed E-state index contributed by atoms with van der Waals surface area (Å²) in [6.45, 7) is 5.48. The first kappa shape index (κ1) is 49.0. The zero-order valence-electron chi connectivity index (χ0n) is 35.2. The Hall–Kier alpha value is -5.95. The van der Waals surface area contributed by atoms with Crippen LogP contribution in [0.2, 0.25) is 0 Å². The highest BCUT2D eigenvalue weighted by molar-refractivity contribution is 5.72. The highest BCUT2D eigenvalue weighted by Crippen LogP contribution is 2.39. The Morgan fingerprint density at radius 2 is 0.896 bits per heavy atom. The molecule has 0 bridgehead atoms. The number of rotatable bonds is 10. The Balaban J connectivity index is 0.000000200. The van der Waals surface area contributed by atoms with Gasteiger partial charge in [-0.05, 0) is 83.8 Å². The van der Waals surface area contributed by atoms with Gasteiger partial charge in [0, 0.05) is 45.7 Å². The van der Waals surface area contributed by atoms with Crippen LogP contribution in [0, 0.1) is 75.8 Å². The summed E-state index contributed by atoms with van der Waals surface area (Å²) in [7, 11) is 0. The minimum Gasteiger partial charge on any atom is -0.429 e. The summed E-state index contributed by atoms with van der Waals surface area (Å²) in [5, 5.41) is 0. The quantitative estimate of drug-likeness (QED) is 0.101. The van der Waals surface area contributed by atoms with Crippen molar-refractivity contribution >= 4 is 0 Å². The second-order valence-electron chi connectivity index (χ2n) is 15.8. The van der Waals surface area contributed by atoms with Crippen LogP contribution in [0.3, 0.4) is 0 Å². The van der Waals surface area contributed by atoms with E-state index >= 15 is 0 Å². The van der Waals surface area contributed by atoms with Gasteiger partial charge in [0.25, 0.3) is 0 Å². The van der Waals surface area contributed by atoms with Crippen molar-refractivity contribution in [2.75, 3.05) is 26.4 Å². The minimum atomic E-state index is -4.57. The molecule has 2 aliphatic heterocycles. The van der Waals surface area contributed by atoms with E-state index in [0.717, 1.165) is 31.0 Å². The van der Waals surface area contributed by atoms with E-state index < -0.39 is 105 Å². The van der Waals surface area contributed by atoms with Crippen molar-refractivity contribution in [3.8, 4) is 39.1 Å².